The summed E-state index contributed by atoms with van der Waals surface area (Å²) in [6.07, 6.45) is 5.14. The van der Waals surface area contributed by atoms with Gasteiger partial charge in [0, 0.05) is 17.3 Å². The maximum Gasteiger partial charge on any atom is 0.244 e. The first kappa shape index (κ1) is 19.4. The van der Waals surface area contributed by atoms with Crippen LogP contribution in [-0.4, -0.2) is 22.3 Å². The minimum absolute atomic E-state index is 0.144. The van der Waals surface area contributed by atoms with Gasteiger partial charge < -0.3 is 10.1 Å². The van der Waals surface area contributed by atoms with Crippen LogP contribution in [0.15, 0.2) is 66.9 Å². The molecule has 1 atom stereocenters. The quantitative estimate of drug-likeness (QED) is 0.620. The Kier molecular flexibility index (Phi) is 6.27. The van der Waals surface area contributed by atoms with Crippen LogP contribution in [0.5, 0.6) is 5.75 Å². The lowest BCUT2D eigenvalue weighted by Gasteiger charge is -2.13. The van der Waals surface area contributed by atoms with Gasteiger partial charge in [0.1, 0.15) is 5.75 Å². The summed E-state index contributed by atoms with van der Waals surface area (Å²) in [5.74, 6) is 0.678. The molecule has 1 N–H and O–H groups in total. The summed E-state index contributed by atoms with van der Waals surface area (Å²) >= 11 is 0. The third kappa shape index (κ3) is 4.68. The van der Waals surface area contributed by atoms with Gasteiger partial charge in [0.05, 0.1) is 24.5 Å². The predicted octanol–water partition coefficient (Wildman–Crippen LogP) is 4.47. The fraction of sp³-hybridized carbons (Fsp3) is 0.217. The van der Waals surface area contributed by atoms with Gasteiger partial charge in [-0.3, -0.25) is 4.79 Å². The molecule has 0 aliphatic carbocycles. The first-order valence-electron chi connectivity index (χ1n) is 9.40. The Morgan fingerprint density at radius 2 is 1.89 bits per heavy atom. The van der Waals surface area contributed by atoms with Crippen LogP contribution in [0.2, 0.25) is 0 Å². The Bertz CT molecular complexity index is 944. The number of aromatic nitrogens is 2. The molecule has 2 aromatic carbocycles. The molecular weight excluding hydrogens is 350 g/mol. The molecule has 0 spiro atoms. The summed E-state index contributed by atoms with van der Waals surface area (Å²) in [7, 11) is 0. The van der Waals surface area contributed by atoms with Crippen molar-refractivity contribution in [2.45, 2.75) is 26.8 Å². The van der Waals surface area contributed by atoms with Crippen LogP contribution in [0.3, 0.4) is 0 Å². The number of amides is 1. The van der Waals surface area contributed by atoms with Crippen molar-refractivity contribution >= 4 is 12.0 Å². The molecule has 1 unspecified atom stereocenters. The number of nitrogens with one attached hydrogen (secondary N) is 1. The topological polar surface area (TPSA) is 56.1 Å². The van der Waals surface area contributed by atoms with Gasteiger partial charge in [0.15, 0.2) is 0 Å². The Morgan fingerprint density at radius 1 is 1.18 bits per heavy atom. The van der Waals surface area contributed by atoms with E-state index in [-0.39, 0.29) is 11.9 Å². The standard InChI is InChI=1S/C23H25N3O2/c1-4-28-21-13-10-19(11-14-21)12-15-23(27)25-17(2)22-16-24-26(18(22)3)20-8-6-5-7-9-20/h5-17H,4H2,1-3H3,(H,25,27). The zero-order valence-electron chi connectivity index (χ0n) is 16.4. The van der Waals surface area contributed by atoms with E-state index in [1.54, 1.807) is 12.2 Å². The normalized spacial score (nSPS) is 12.1. The van der Waals surface area contributed by atoms with E-state index in [0.717, 1.165) is 28.3 Å². The van der Waals surface area contributed by atoms with Crippen molar-refractivity contribution in [3.8, 4) is 11.4 Å². The van der Waals surface area contributed by atoms with Crippen molar-refractivity contribution in [3.63, 3.8) is 0 Å². The zero-order valence-corrected chi connectivity index (χ0v) is 16.4. The summed E-state index contributed by atoms with van der Waals surface area (Å²) < 4.78 is 7.30. The second-order valence-electron chi connectivity index (χ2n) is 6.50. The number of carbonyl (C=O) groups excluding carboxylic acids is 1. The molecule has 5 heteroatoms. The van der Waals surface area contributed by atoms with Crippen molar-refractivity contribution in [2.24, 2.45) is 0 Å². The lowest BCUT2D eigenvalue weighted by Crippen LogP contribution is -2.25. The zero-order chi connectivity index (χ0) is 19.9. The number of carbonyl (C=O) groups is 1. The van der Waals surface area contributed by atoms with Crippen molar-refractivity contribution in [1.29, 1.82) is 0 Å². The Balaban J connectivity index is 1.63. The average molecular weight is 375 g/mol. The van der Waals surface area contributed by atoms with E-state index >= 15 is 0 Å². The van der Waals surface area contributed by atoms with Gasteiger partial charge >= 0.3 is 0 Å². The number of hydrogen-bond donors (Lipinski definition) is 1. The molecule has 1 aromatic heterocycles. The summed E-state index contributed by atoms with van der Waals surface area (Å²) in [5, 5.41) is 7.47. The molecule has 0 saturated carbocycles. The van der Waals surface area contributed by atoms with E-state index in [2.05, 4.69) is 10.4 Å². The van der Waals surface area contributed by atoms with E-state index in [1.165, 1.54) is 0 Å². The molecule has 1 heterocycles. The molecule has 0 radical (unpaired) electrons. The predicted molar refractivity (Wildman–Crippen MR) is 112 cm³/mol. The molecule has 0 aliphatic heterocycles. The smallest absolute Gasteiger partial charge is 0.244 e. The van der Waals surface area contributed by atoms with E-state index in [4.69, 9.17) is 4.74 Å². The molecule has 1 amide bonds. The highest BCUT2D eigenvalue weighted by Crippen LogP contribution is 2.20. The number of para-hydroxylation sites is 1. The number of hydrogen-bond acceptors (Lipinski definition) is 3. The van der Waals surface area contributed by atoms with Gasteiger partial charge in [-0.05, 0) is 56.7 Å². The fourth-order valence-corrected chi connectivity index (χ4v) is 3.03. The highest BCUT2D eigenvalue weighted by atomic mass is 16.5. The number of ether oxygens (including phenoxy) is 1. The maximum absolute atomic E-state index is 12.3. The Hall–Kier alpha value is -3.34. The van der Waals surface area contributed by atoms with Gasteiger partial charge in [-0.1, -0.05) is 30.3 Å². The molecule has 3 rings (SSSR count). The van der Waals surface area contributed by atoms with Gasteiger partial charge in [0.2, 0.25) is 5.91 Å². The second-order valence-corrected chi connectivity index (χ2v) is 6.50. The number of nitrogens with zero attached hydrogens (tertiary/aromatic N) is 2. The van der Waals surface area contributed by atoms with Crippen LogP contribution in [0, 0.1) is 6.92 Å². The van der Waals surface area contributed by atoms with Gasteiger partial charge in [0.25, 0.3) is 0 Å². The van der Waals surface area contributed by atoms with Crippen molar-refractivity contribution in [2.75, 3.05) is 6.61 Å². The van der Waals surface area contributed by atoms with Crippen LogP contribution in [-0.2, 0) is 4.79 Å². The Morgan fingerprint density at radius 3 is 2.57 bits per heavy atom. The van der Waals surface area contributed by atoms with Gasteiger partial charge in [-0.15, -0.1) is 0 Å². The molecular formula is C23H25N3O2. The monoisotopic (exact) mass is 375 g/mol. The third-order valence-corrected chi connectivity index (χ3v) is 4.49. The molecule has 0 bridgehead atoms. The summed E-state index contributed by atoms with van der Waals surface area (Å²) in [5.41, 5.74) is 3.95. The molecule has 0 saturated heterocycles. The summed E-state index contributed by atoms with van der Waals surface area (Å²) in [6.45, 7) is 6.55. The van der Waals surface area contributed by atoms with E-state index in [9.17, 15) is 4.79 Å². The summed E-state index contributed by atoms with van der Waals surface area (Å²) in [4.78, 5) is 12.3. The van der Waals surface area contributed by atoms with Crippen LogP contribution in [0.4, 0.5) is 0 Å². The first-order chi connectivity index (χ1) is 13.6. The lowest BCUT2D eigenvalue weighted by molar-refractivity contribution is -0.117. The van der Waals surface area contributed by atoms with E-state index < -0.39 is 0 Å². The molecule has 0 fully saturated rings. The third-order valence-electron chi connectivity index (χ3n) is 4.49. The van der Waals surface area contributed by atoms with Crippen LogP contribution < -0.4 is 10.1 Å². The van der Waals surface area contributed by atoms with Gasteiger partial charge in [-0.2, -0.15) is 5.10 Å². The SMILES string of the molecule is CCOc1ccc(C=CC(=O)NC(C)c2cnn(-c3ccccc3)c2C)cc1. The van der Waals surface area contributed by atoms with E-state index in [0.29, 0.717) is 6.61 Å². The lowest BCUT2D eigenvalue weighted by atomic mass is 10.1. The van der Waals surface area contributed by atoms with E-state index in [1.807, 2.05) is 86.2 Å². The number of rotatable bonds is 7. The second kappa shape index (κ2) is 9.04. The first-order valence-corrected chi connectivity index (χ1v) is 9.40. The maximum atomic E-state index is 12.3. The fourth-order valence-electron chi connectivity index (χ4n) is 3.03. The van der Waals surface area contributed by atoms with Crippen molar-refractivity contribution < 1.29 is 9.53 Å². The highest BCUT2D eigenvalue weighted by molar-refractivity contribution is 5.92. The van der Waals surface area contributed by atoms with Crippen LogP contribution in [0.25, 0.3) is 11.8 Å². The van der Waals surface area contributed by atoms with Crippen molar-refractivity contribution in [3.05, 3.63) is 83.7 Å². The Labute approximate surface area is 165 Å². The van der Waals surface area contributed by atoms with Crippen molar-refractivity contribution in [1.82, 2.24) is 15.1 Å². The summed E-state index contributed by atoms with van der Waals surface area (Å²) in [6, 6.07) is 17.4. The minimum Gasteiger partial charge on any atom is -0.494 e. The number of benzene rings is 2. The minimum atomic E-state index is -0.145. The molecule has 0 aliphatic rings. The largest absolute Gasteiger partial charge is 0.494 e. The van der Waals surface area contributed by atoms with Gasteiger partial charge in [-0.25, -0.2) is 4.68 Å². The molecule has 144 valence electrons. The van der Waals surface area contributed by atoms with Crippen LogP contribution >= 0.6 is 0 Å². The van der Waals surface area contributed by atoms with Crippen LogP contribution in [0.1, 0.15) is 36.7 Å². The molecule has 28 heavy (non-hydrogen) atoms. The molecule has 5 nitrogen and oxygen atoms in total. The molecule has 3 aromatic rings. The highest BCUT2D eigenvalue weighted by Gasteiger charge is 2.15. The average Bonchev–Trinajstić information content (AvgIpc) is 3.10.